The van der Waals surface area contributed by atoms with E-state index in [0.29, 0.717) is 19.1 Å². The zero-order valence-corrected chi connectivity index (χ0v) is 13.4. The molecule has 0 amide bonds. The average Bonchev–Trinajstić information content (AvgIpc) is 3.18. The highest BCUT2D eigenvalue weighted by Crippen LogP contribution is 2.27. The number of hydrogen-bond acceptors (Lipinski definition) is 4. The van der Waals surface area contributed by atoms with Crippen molar-refractivity contribution in [3.8, 4) is 0 Å². The standard InChI is InChI=1S/C14H24N4O2S/c1-13-10-14(17-5-2-3-6-17)11-18(13)21(19,20)9-8-16-7-4-15-12-16/h4,7,12-14H,2-3,5-6,8-11H2,1H3. The van der Waals surface area contributed by atoms with Crippen LogP contribution in [0, 0.1) is 0 Å². The van der Waals surface area contributed by atoms with Gasteiger partial charge in [-0.25, -0.2) is 13.4 Å². The maximum Gasteiger partial charge on any atom is 0.216 e. The molecule has 2 fully saturated rings. The molecular formula is C14H24N4O2S. The van der Waals surface area contributed by atoms with Gasteiger partial charge in [-0.05, 0) is 39.3 Å². The van der Waals surface area contributed by atoms with E-state index >= 15 is 0 Å². The molecule has 7 heteroatoms. The van der Waals surface area contributed by atoms with Crippen molar-refractivity contribution in [1.82, 2.24) is 18.8 Å². The molecule has 3 rings (SSSR count). The number of sulfonamides is 1. The highest BCUT2D eigenvalue weighted by Gasteiger charge is 2.39. The monoisotopic (exact) mass is 312 g/mol. The minimum Gasteiger partial charge on any atom is -0.336 e. The molecule has 0 N–H and O–H groups in total. The first-order valence-electron chi connectivity index (χ1n) is 7.75. The van der Waals surface area contributed by atoms with Crippen LogP contribution in [0.2, 0.25) is 0 Å². The van der Waals surface area contributed by atoms with Gasteiger partial charge in [-0.2, -0.15) is 4.31 Å². The number of nitrogens with zero attached hydrogens (tertiary/aromatic N) is 4. The van der Waals surface area contributed by atoms with Gasteiger partial charge in [0.05, 0.1) is 12.1 Å². The van der Waals surface area contributed by atoms with Crippen LogP contribution in [0.5, 0.6) is 0 Å². The summed E-state index contributed by atoms with van der Waals surface area (Å²) in [7, 11) is -3.19. The number of likely N-dealkylation sites (tertiary alicyclic amines) is 1. The number of rotatable bonds is 5. The third-order valence-electron chi connectivity index (χ3n) is 4.68. The summed E-state index contributed by atoms with van der Waals surface area (Å²) < 4.78 is 28.7. The third-order valence-corrected chi connectivity index (χ3v) is 6.60. The zero-order valence-electron chi connectivity index (χ0n) is 12.6. The lowest BCUT2D eigenvalue weighted by atomic mass is 10.2. The zero-order chi connectivity index (χ0) is 14.9. The Balaban J connectivity index is 1.61. The van der Waals surface area contributed by atoms with E-state index in [2.05, 4.69) is 9.88 Å². The van der Waals surface area contributed by atoms with E-state index in [9.17, 15) is 8.42 Å². The van der Waals surface area contributed by atoms with Gasteiger partial charge in [-0.15, -0.1) is 0 Å². The largest absolute Gasteiger partial charge is 0.336 e. The maximum absolute atomic E-state index is 12.6. The predicted molar refractivity (Wildman–Crippen MR) is 81.4 cm³/mol. The molecule has 2 saturated heterocycles. The van der Waals surface area contributed by atoms with Crippen LogP contribution in [0.25, 0.3) is 0 Å². The highest BCUT2D eigenvalue weighted by atomic mass is 32.2. The highest BCUT2D eigenvalue weighted by molar-refractivity contribution is 7.89. The predicted octanol–water partition coefficient (Wildman–Crippen LogP) is 0.771. The van der Waals surface area contributed by atoms with E-state index in [4.69, 9.17) is 0 Å². The van der Waals surface area contributed by atoms with Gasteiger partial charge in [0.15, 0.2) is 0 Å². The molecule has 6 nitrogen and oxygen atoms in total. The molecule has 118 valence electrons. The van der Waals surface area contributed by atoms with Gasteiger partial charge in [0.25, 0.3) is 0 Å². The number of aromatic nitrogens is 2. The maximum atomic E-state index is 12.6. The fourth-order valence-corrected chi connectivity index (χ4v) is 5.20. The van der Waals surface area contributed by atoms with E-state index in [1.807, 2.05) is 11.5 Å². The lowest BCUT2D eigenvalue weighted by Gasteiger charge is -2.23. The first kappa shape index (κ1) is 15.0. The molecule has 1 aromatic rings. The SMILES string of the molecule is CC1CC(N2CCCC2)CN1S(=O)(=O)CCn1ccnc1. The molecule has 0 aliphatic carbocycles. The Labute approximate surface area is 126 Å². The molecule has 0 bridgehead atoms. The fraction of sp³-hybridized carbons (Fsp3) is 0.786. The van der Waals surface area contributed by atoms with E-state index in [0.717, 1.165) is 19.5 Å². The lowest BCUT2D eigenvalue weighted by Crippen LogP contribution is -2.39. The van der Waals surface area contributed by atoms with Crippen LogP contribution >= 0.6 is 0 Å². The molecule has 0 radical (unpaired) electrons. The smallest absolute Gasteiger partial charge is 0.216 e. The summed E-state index contributed by atoms with van der Waals surface area (Å²) in [5, 5.41) is 0. The molecule has 3 heterocycles. The van der Waals surface area contributed by atoms with Gasteiger partial charge in [-0.1, -0.05) is 0 Å². The summed E-state index contributed by atoms with van der Waals surface area (Å²) in [6.45, 7) is 5.42. The Morgan fingerprint density at radius 3 is 2.71 bits per heavy atom. The Kier molecular flexibility index (Phi) is 4.33. The first-order chi connectivity index (χ1) is 10.1. The molecule has 2 aliphatic heterocycles. The number of imidazole rings is 1. The molecule has 0 saturated carbocycles. The van der Waals surface area contributed by atoms with Crippen LogP contribution < -0.4 is 0 Å². The molecule has 2 unspecified atom stereocenters. The molecule has 1 aromatic heterocycles. The summed E-state index contributed by atoms with van der Waals surface area (Å²) in [5.74, 6) is 0.153. The normalized spacial score (nSPS) is 28.4. The van der Waals surface area contributed by atoms with Crippen LogP contribution in [0.3, 0.4) is 0 Å². The average molecular weight is 312 g/mol. The second-order valence-electron chi connectivity index (χ2n) is 6.17. The second-order valence-corrected chi connectivity index (χ2v) is 8.21. The fourth-order valence-electron chi connectivity index (χ4n) is 3.49. The van der Waals surface area contributed by atoms with Gasteiger partial charge in [0.1, 0.15) is 0 Å². The Morgan fingerprint density at radius 2 is 2.05 bits per heavy atom. The molecule has 21 heavy (non-hydrogen) atoms. The van der Waals surface area contributed by atoms with E-state index in [1.54, 1.807) is 23.0 Å². The summed E-state index contributed by atoms with van der Waals surface area (Å²) in [6.07, 6.45) is 8.60. The van der Waals surface area contributed by atoms with Gasteiger partial charge in [-0.3, -0.25) is 4.90 Å². The second kappa shape index (κ2) is 6.06. The van der Waals surface area contributed by atoms with E-state index < -0.39 is 10.0 Å². The van der Waals surface area contributed by atoms with Crippen molar-refractivity contribution >= 4 is 10.0 Å². The molecule has 2 atom stereocenters. The van der Waals surface area contributed by atoms with Crippen LogP contribution in [-0.2, 0) is 16.6 Å². The quantitative estimate of drug-likeness (QED) is 0.806. The van der Waals surface area contributed by atoms with Crippen molar-refractivity contribution in [3.05, 3.63) is 18.7 Å². The van der Waals surface area contributed by atoms with Crippen molar-refractivity contribution in [2.75, 3.05) is 25.4 Å². The van der Waals surface area contributed by atoms with Crippen LogP contribution in [0.15, 0.2) is 18.7 Å². The van der Waals surface area contributed by atoms with Crippen molar-refractivity contribution in [3.63, 3.8) is 0 Å². The Hall–Kier alpha value is -0.920. The molecule has 0 spiro atoms. The Bertz CT molecular complexity index is 552. The van der Waals surface area contributed by atoms with Crippen molar-refractivity contribution < 1.29 is 8.42 Å². The summed E-state index contributed by atoms with van der Waals surface area (Å²) >= 11 is 0. The number of hydrogen-bond donors (Lipinski definition) is 0. The van der Waals surface area contributed by atoms with Crippen LogP contribution in [0.4, 0.5) is 0 Å². The first-order valence-corrected chi connectivity index (χ1v) is 9.36. The van der Waals surface area contributed by atoms with Crippen molar-refractivity contribution in [2.24, 2.45) is 0 Å². The Morgan fingerprint density at radius 1 is 1.29 bits per heavy atom. The van der Waals surface area contributed by atoms with Gasteiger partial charge >= 0.3 is 0 Å². The molecular weight excluding hydrogens is 288 g/mol. The summed E-state index contributed by atoms with van der Waals surface area (Å²) in [5.41, 5.74) is 0. The van der Waals surface area contributed by atoms with Gasteiger partial charge in [0.2, 0.25) is 10.0 Å². The molecule has 0 aromatic carbocycles. The van der Waals surface area contributed by atoms with Gasteiger partial charge < -0.3 is 4.57 Å². The summed E-state index contributed by atoms with van der Waals surface area (Å²) in [4.78, 5) is 6.41. The topological polar surface area (TPSA) is 58.4 Å². The van der Waals surface area contributed by atoms with E-state index in [1.165, 1.54) is 12.8 Å². The minimum atomic E-state index is -3.19. The molecule has 2 aliphatic rings. The number of aryl methyl sites for hydroxylation is 1. The van der Waals surface area contributed by atoms with Crippen LogP contribution in [-0.4, -0.2) is 64.6 Å². The van der Waals surface area contributed by atoms with E-state index in [-0.39, 0.29) is 11.8 Å². The van der Waals surface area contributed by atoms with Gasteiger partial charge in [0, 0.05) is 37.6 Å². The van der Waals surface area contributed by atoms with Crippen molar-refractivity contribution in [2.45, 2.75) is 44.8 Å². The lowest BCUT2D eigenvalue weighted by molar-refractivity contribution is 0.250. The third kappa shape index (κ3) is 3.30. The van der Waals surface area contributed by atoms with Crippen LogP contribution in [0.1, 0.15) is 26.2 Å². The minimum absolute atomic E-state index is 0.114. The van der Waals surface area contributed by atoms with Crippen molar-refractivity contribution in [1.29, 1.82) is 0 Å². The summed E-state index contributed by atoms with van der Waals surface area (Å²) in [6, 6.07) is 0.522.